The second-order valence-corrected chi connectivity index (χ2v) is 7.86. The van der Waals surface area contributed by atoms with Crippen molar-refractivity contribution in [3.63, 3.8) is 0 Å². The van der Waals surface area contributed by atoms with Crippen molar-refractivity contribution in [3.05, 3.63) is 11.6 Å². The molecule has 1 unspecified atom stereocenters. The first-order valence-electron chi connectivity index (χ1n) is 6.32. The Kier molecular flexibility index (Phi) is 2.67. The van der Waals surface area contributed by atoms with Crippen LogP contribution in [0.1, 0.15) is 48.5 Å². The van der Waals surface area contributed by atoms with E-state index in [2.05, 4.69) is 20.5 Å². The zero-order chi connectivity index (χ0) is 13.7. The molecule has 3 rings (SSSR count). The van der Waals surface area contributed by atoms with Crippen LogP contribution >= 0.6 is 0 Å². The van der Waals surface area contributed by atoms with E-state index in [0.717, 1.165) is 18.7 Å². The van der Waals surface area contributed by atoms with E-state index in [4.69, 9.17) is 0 Å². The van der Waals surface area contributed by atoms with Crippen molar-refractivity contribution < 1.29 is 13.2 Å². The summed E-state index contributed by atoms with van der Waals surface area (Å²) in [5.74, 6) is 0.914. The first kappa shape index (κ1) is 12.6. The van der Waals surface area contributed by atoms with Gasteiger partial charge in [0.25, 0.3) is 5.91 Å². The number of H-pyrrole nitrogens is 1. The van der Waals surface area contributed by atoms with Crippen molar-refractivity contribution in [1.29, 1.82) is 0 Å². The van der Waals surface area contributed by atoms with Gasteiger partial charge in [-0.1, -0.05) is 0 Å². The fourth-order valence-electron chi connectivity index (χ4n) is 2.35. The van der Waals surface area contributed by atoms with Gasteiger partial charge in [-0.25, -0.2) is 13.4 Å². The molecule has 0 spiro atoms. The zero-order valence-electron chi connectivity index (χ0n) is 10.6. The molecule has 1 aliphatic carbocycles. The van der Waals surface area contributed by atoms with Gasteiger partial charge in [-0.15, -0.1) is 5.10 Å². The summed E-state index contributed by atoms with van der Waals surface area (Å²) in [7, 11) is -3.04. The number of aromatic nitrogens is 3. The Labute approximate surface area is 111 Å². The molecule has 1 aromatic rings. The number of carbonyl (C=O) groups is 1. The zero-order valence-corrected chi connectivity index (χ0v) is 11.5. The number of carbonyl (C=O) groups excluding carboxylic acids is 1. The first-order valence-corrected chi connectivity index (χ1v) is 8.14. The summed E-state index contributed by atoms with van der Waals surface area (Å²) >= 11 is 0. The van der Waals surface area contributed by atoms with E-state index < -0.39 is 21.3 Å². The maximum atomic E-state index is 12.0. The van der Waals surface area contributed by atoms with Crippen LogP contribution in [-0.4, -0.2) is 46.6 Å². The SMILES string of the molecule is CC1(NC(=O)c2n[nH]c(C3CC3)n2)CCS(=O)(=O)C1. The molecule has 0 radical (unpaired) electrons. The fourth-order valence-corrected chi connectivity index (χ4v) is 4.45. The summed E-state index contributed by atoms with van der Waals surface area (Å²) in [5.41, 5.74) is -0.712. The van der Waals surface area contributed by atoms with Gasteiger partial charge < -0.3 is 5.32 Å². The maximum absolute atomic E-state index is 12.0. The Hall–Kier alpha value is -1.44. The van der Waals surface area contributed by atoms with Gasteiger partial charge in [0.15, 0.2) is 9.84 Å². The van der Waals surface area contributed by atoms with Crippen molar-refractivity contribution in [2.24, 2.45) is 0 Å². The summed E-state index contributed by atoms with van der Waals surface area (Å²) in [5, 5.41) is 9.39. The summed E-state index contributed by atoms with van der Waals surface area (Å²) in [6, 6.07) is 0. The van der Waals surface area contributed by atoms with Gasteiger partial charge in [0.1, 0.15) is 5.82 Å². The monoisotopic (exact) mass is 284 g/mol. The molecule has 1 amide bonds. The quantitative estimate of drug-likeness (QED) is 0.812. The number of aromatic amines is 1. The third-order valence-electron chi connectivity index (χ3n) is 3.59. The van der Waals surface area contributed by atoms with Crippen LogP contribution in [0.3, 0.4) is 0 Å². The highest BCUT2D eigenvalue weighted by Crippen LogP contribution is 2.37. The number of hydrogen-bond acceptors (Lipinski definition) is 5. The third kappa shape index (κ3) is 2.63. The lowest BCUT2D eigenvalue weighted by molar-refractivity contribution is 0.0905. The van der Waals surface area contributed by atoms with Crippen LogP contribution in [0.4, 0.5) is 0 Å². The Balaban J connectivity index is 1.70. The molecule has 2 heterocycles. The van der Waals surface area contributed by atoms with E-state index >= 15 is 0 Å². The topological polar surface area (TPSA) is 105 Å². The van der Waals surface area contributed by atoms with E-state index in [1.165, 1.54) is 0 Å². The highest BCUT2D eigenvalue weighted by molar-refractivity contribution is 7.91. The van der Waals surface area contributed by atoms with E-state index in [1.54, 1.807) is 6.92 Å². The van der Waals surface area contributed by atoms with Crippen molar-refractivity contribution in [2.45, 2.75) is 37.6 Å². The molecule has 1 aromatic heterocycles. The van der Waals surface area contributed by atoms with Crippen LogP contribution in [-0.2, 0) is 9.84 Å². The van der Waals surface area contributed by atoms with E-state index in [1.807, 2.05) is 0 Å². The number of nitrogens with one attached hydrogen (secondary N) is 2. The molecule has 1 saturated carbocycles. The minimum absolute atomic E-state index is 0.0222. The standard InChI is InChI=1S/C11H16N4O3S/c1-11(4-5-19(17,18)6-11)13-10(16)9-12-8(14-15-9)7-2-3-7/h7H,2-6H2,1H3,(H,13,16)(H,12,14,15). The van der Waals surface area contributed by atoms with Crippen molar-refractivity contribution in [2.75, 3.05) is 11.5 Å². The smallest absolute Gasteiger partial charge is 0.291 e. The predicted octanol–water partition coefficient (Wildman–Crippen LogP) is -0.0109. The second-order valence-electron chi connectivity index (χ2n) is 5.68. The van der Waals surface area contributed by atoms with Gasteiger partial charge in [0.2, 0.25) is 5.82 Å². The lowest BCUT2D eigenvalue weighted by Gasteiger charge is -2.22. The number of sulfone groups is 1. The average molecular weight is 284 g/mol. The highest BCUT2D eigenvalue weighted by Gasteiger charge is 2.40. The molecule has 1 aliphatic heterocycles. The second kappa shape index (κ2) is 4.03. The molecule has 2 N–H and O–H groups in total. The van der Waals surface area contributed by atoms with Gasteiger partial charge in [-0.2, -0.15) is 0 Å². The van der Waals surface area contributed by atoms with Crippen molar-refractivity contribution in [1.82, 2.24) is 20.5 Å². The molecule has 7 nitrogen and oxygen atoms in total. The van der Waals surface area contributed by atoms with Gasteiger partial charge in [0, 0.05) is 5.92 Å². The summed E-state index contributed by atoms with van der Waals surface area (Å²) in [4.78, 5) is 16.2. The Morgan fingerprint density at radius 3 is 2.79 bits per heavy atom. The van der Waals surface area contributed by atoms with Crippen molar-refractivity contribution in [3.8, 4) is 0 Å². The molecule has 0 bridgehead atoms. The molecule has 0 aromatic carbocycles. The summed E-state index contributed by atoms with van der Waals surface area (Å²) in [6.07, 6.45) is 2.58. The molecule has 2 aliphatic rings. The summed E-state index contributed by atoms with van der Waals surface area (Å²) < 4.78 is 23.0. The van der Waals surface area contributed by atoms with E-state index in [0.29, 0.717) is 12.3 Å². The molecule has 1 saturated heterocycles. The molecule has 1 atom stereocenters. The van der Waals surface area contributed by atoms with Gasteiger partial charge >= 0.3 is 0 Å². The molecular formula is C11H16N4O3S. The minimum atomic E-state index is -3.04. The van der Waals surface area contributed by atoms with Gasteiger partial charge in [-0.05, 0) is 26.2 Å². The Morgan fingerprint density at radius 2 is 2.21 bits per heavy atom. The van der Waals surface area contributed by atoms with Crippen LogP contribution in [0.5, 0.6) is 0 Å². The molecule has 8 heteroatoms. The minimum Gasteiger partial charge on any atom is -0.343 e. The number of rotatable bonds is 3. The number of nitrogens with zero attached hydrogens (tertiary/aromatic N) is 2. The molecule has 104 valence electrons. The molecule has 2 fully saturated rings. The Bertz CT molecular complexity index is 620. The summed E-state index contributed by atoms with van der Waals surface area (Å²) in [6.45, 7) is 1.74. The first-order chi connectivity index (χ1) is 8.87. The maximum Gasteiger partial charge on any atom is 0.291 e. The normalized spacial score (nSPS) is 29.3. The number of hydrogen-bond donors (Lipinski definition) is 2. The van der Waals surface area contributed by atoms with Crippen LogP contribution in [0.15, 0.2) is 0 Å². The van der Waals surface area contributed by atoms with Crippen LogP contribution in [0.2, 0.25) is 0 Å². The lowest BCUT2D eigenvalue weighted by Crippen LogP contribution is -2.47. The highest BCUT2D eigenvalue weighted by atomic mass is 32.2. The van der Waals surface area contributed by atoms with Crippen LogP contribution < -0.4 is 5.32 Å². The lowest BCUT2D eigenvalue weighted by atomic mass is 10.0. The molecule has 19 heavy (non-hydrogen) atoms. The molecular weight excluding hydrogens is 268 g/mol. The average Bonchev–Trinajstić information content (AvgIpc) is 2.96. The van der Waals surface area contributed by atoms with Crippen LogP contribution in [0.25, 0.3) is 0 Å². The van der Waals surface area contributed by atoms with E-state index in [9.17, 15) is 13.2 Å². The van der Waals surface area contributed by atoms with E-state index in [-0.39, 0.29) is 17.3 Å². The largest absolute Gasteiger partial charge is 0.343 e. The third-order valence-corrected chi connectivity index (χ3v) is 5.49. The fraction of sp³-hybridized carbons (Fsp3) is 0.727. The Morgan fingerprint density at radius 1 is 1.47 bits per heavy atom. The van der Waals surface area contributed by atoms with Gasteiger partial charge in [0.05, 0.1) is 17.0 Å². The predicted molar refractivity (Wildman–Crippen MR) is 67.5 cm³/mol. The van der Waals surface area contributed by atoms with Crippen molar-refractivity contribution >= 4 is 15.7 Å². The number of amides is 1. The van der Waals surface area contributed by atoms with Gasteiger partial charge in [-0.3, -0.25) is 9.89 Å². The van der Waals surface area contributed by atoms with Crippen LogP contribution in [0, 0.1) is 0 Å².